The van der Waals surface area contributed by atoms with Crippen LogP contribution in [0.3, 0.4) is 0 Å². The zero-order valence-electron chi connectivity index (χ0n) is 15.3. The van der Waals surface area contributed by atoms with Crippen LogP contribution in [-0.2, 0) is 11.2 Å². The van der Waals surface area contributed by atoms with E-state index in [2.05, 4.69) is 0 Å². The lowest BCUT2D eigenvalue weighted by Crippen LogP contribution is -2.18. The quantitative estimate of drug-likeness (QED) is 0.415. The number of Topliss-reactive ketones (excluding diaryl/α,β-unsaturated/α-hetero) is 1. The van der Waals surface area contributed by atoms with Crippen molar-refractivity contribution in [3.8, 4) is 10.4 Å². The maximum Gasteiger partial charge on any atom is 0.306 e. The number of carbonyl (C=O) groups is 2. The predicted octanol–water partition coefficient (Wildman–Crippen LogP) is 6.37. The number of ketones is 1. The number of benzene rings is 2. The Morgan fingerprint density at radius 2 is 1.68 bits per heavy atom. The Kier molecular flexibility index (Phi) is 7.01. The van der Waals surface area contributed by atoms with E-state index in [0.29, 0.717) is 12.0 Å². The maximum atomic E-state index is 12.6. The highest BCUT2D eigenvalue weighted by Gasteiger charge is 2.21. The molecule has 1 aromatic heterocycles. The van der Waals surface area contributed by atoms with E-state index < -0.39 is 11.9 Å². The minimum Gasteiger partial charge on any atom is -0.481 e. The third kappa shape index (κ3) is 5.54. The highest BCUT2D eigenvalue weighted by Crippen LogP contribution is 2.31. The van der Waals surface area contributed by atoms with Crippen molar-refractivity contribution < 1.29 is 14.7 Å². The van der Waals surface area contributed by atoms with Crippen LogP contribution in [0, 0.1) is 5.92 Å². The second kappa shape index (κ2) is 9.67. The maximum absolute atomic E-state index is 12.6. The lowest BCUT2D eigenvalue weighted by molar-refractivity contribution is -0.141. The summed E-state index contributed by atoms with van der Waals surface area (Å²) in [5.41, 5.74) is 2.72. The molecule has 0 saturated carbocycles. The predicted molar refractivity (Wildman–Crippen MR) is 114 cm³/mol. The molecular weight excluding hydrogens is 392 g/mol. The Balaban J connectivity index is 1.58. The Hall–Kier alpha value is -2.43. The van der Waals surface area contributed by atoms with Crippen molar-refractivity contribution in [1.82, 2.24) is 0 Å². The van der Waals surface area contributed by atoms with Gasteiger partial charge >= 0.3 is 5.97 Å². The number of carbonyl (C=O) groups excluding carboxylic acids is 1. The number of hydrogen-bond donors (Lipinski definition) is 1. The SMILES string of the molecule is O=C(CC(CCCc1ccccc1)C(=O)O)c1ccc(-c2ccc(Cl)s2)cc1. The molecule has 1 N–H and O–H groups in total. The van der Waals surface area contributed by atoms with E-state index >= 15 is 0 Å². The van der Waals surface area contributed by atoms with E-state index in [1.807, 2.05) is 54.6 Å². The highest BCUT2D eigenvalue weighted by molar-refractivity contribution is 7.19. The molecule has 2 aromatic carbocycles. The summed E-state index contributed by atoms with van der Waals surface area (Å²) in [4.78, 5) is 25.2. The van der Waals surface area contributed by atoms with Crippen LogP contribution in [0.2, 0.25) is 4.34 Å². The molecule has 1 atom stereocenters. The standard InChI is InChI=1S/C23H21ClO3S/c24-22-14-13-21(28-22)18-11-9-17(10-12-18)20(25)15-19(23(26)27)8-4-7-16-5-2-1-3-6-16/h1-3,5-6,9-14,19H,4,7-8,15H2,(H,26,27). The van der Waals surface area contributed by atoms with Crippen LogP contribution in [-0.4, -0.2) is 16.9 Å². The molecule has 1 heterocycles. The molecule has 1 unspecified atom stereocenters. The van der Waals surface area contributed by atoms with Gasteiger partial charge in [-0.2, -0.15) is 0 Å². The van der Waals surface area contributed by atoms with E-state index in [9.17, 15) is 14.7 Å². The fourth-order valence-corrected chi connectivity index (χ4v) is 4.19. The molecule has 0 aliphatic heterocycles. The summed E-state index contributed by atoms with van der Waals surface area (Å²) in [6.07, 6.45) is 2.07. The van der Waals surface area contributed by atoms with Gasteiger partial charge in [-0.3, -0.25) is 9.59 Å². The van der Waals surface area contributed by atoms with Gasteiger partial charge in [-0.25, -0.2) is 0 Å². The van der Waals surface area contributed by atoms with Crippen molar-refractivity contribution in [3.05, 3.63) is 82.2 Å². The van der Waals surface area contributed by atoms with Crippen LogP contribution in [0.15, 0.2) is 66.7 Å². The minimum atomic E-state index is -0.911. The number of hydrogen-bond acceptors (Lipinski definition) is 3. The zero-order valence-corrected chi connectivity index (χ0v) is 16.9. The van der Waals surface area contributed by atoms with E-state index in [0.717, 1.165) is 27.6 Å². The number of aryl methyl sites for hydroxylation is 1. The molecule has 0 fully saturated rings. The fourth-order valence-electron chi connectivity index (χ4n) is 3.14. The topological polar surface area (TPSA) is 54.4 Å². The number of aliphatic carboxylic acids is 1. The zero-order chi connectivity index (χ0) is 19.9. The summed E-state index contributed by atoms with van der Waals surface area (Å²) in [5.74, 6) is -1.71. The number of rotatable bonds is 9. The molecule has 0 bridgehead atoms. The van der Waals surface area contributed by atoms with Gasteiger partial charge in [0.25, 0.3) is 0 Å². The van der Waals surface area contributed by atoms with Crippen LogP contribution in [0.25, 0.3) is 10.4 Å². The van der Waals surface area contributed by atoms with Crippen LogP contribution in [0.5, 0.6) is 0 Å². The first kappa shape index (κ1) is 20.3. The van der Waals surface area contributed by atoms with Gasteiger partial charge in [0.2, 0.25) is 0 Å². The van der Waals surface area contributed by atoms with E-state index in [-0.39, 0.29) is 12.2 Å². The lowest BCUT2D eigenvalue weighted by atomic mass is 9.92. The largest absolute Gasteiger partial charge is 0.481 e. The van der Waals surface area contributed by atoms with Gasteiger partial charge in [-0.1, -0.05) is 66.2 Å². The van der Waals surface area contributed by atoms with Crippen molar-refractivity contribution in [3.63, 3.8) is 0 Å². The molecular formula is C23H21ClO3S. The molecule has 3 nitrogen and oxygen atoms in total. The molecule has 0 spiro atoms. The summed E-state index contributed by atoms with van der Waals surface area (Å²) in [7, 11) is 0. The summed E-state index contributed by atoms with van der Waals surface area (Å²) >= 11 is 7.45. The summed E-state index contributed by atoms with van der Waals surface area (Å²) < 4.78 is 0.718. The summed E-state index contributed by atoms with van der Waals surface area (Å²) in [6, 6.07) is 21.0. The number of carboxylic acids is 1. The van der Waals surface area contributed by atoms with Crippen molar-refractivity contribution in [2.24, 2.45) is 5.92 Å². The second-order valence-corrected chi connectivity index (χ2v) is 8.44. The van der Waals surface area contributed by atoms with Crippen molar-refractivity contribution in [2.45, 2.75) is 25.7 Å². The van der Waals surface area contributed by atoms with Gasteiger partial charge < -0.3 is 5.11 Å². The monoisotopic (exact) mass is 412 g/mol. The first-order chi connectivity index (χ1) is 13.5. The molecule has 3 rings (SSSR count). The molecule has 0 aliphatic carbocycles. The minimum absolute atomic E-state index is 0.0221. The molecule has 0 saturated heterocycles. The van der Waals surface area contributed by atoms with Gasteiger partial charge in [-0.15, -0.1) is 11.3 Å². The smallest absolute Gasteiger partial charge is 0.306 e. The Labute approximate surface area is 173 Å². The Bertz CT molecular complexity index is 932. The normalized spacial score (nSPS) is 11.9. The summed E-state index contributed by atoms with van der Waals surface area (Å²) in [5, 5.41) is 9.50. The molecule has 5 heteroatoms. The number of halogens is 1. The van der Waals surface area contributed by atoms with Crippen molar-refractivity contribution >= 4 is 34.7 Å². The first-order valence-corrected chi connectivity index (χ1v) is 10.4. The Morgan fingerprint density at radius 3 is 2.29 bits per heavy atom. The van der Waals surface area contributed by atoms with Gasteiger partial charge in [-0.05, 0) is 42.5 Å². The number of thiophene rings is 1. The van der Waals surface area contributed by atoms with Crippen LogP contribution < -0.4 is 0 Å². The average molecular weight is 413 g/mol. The van der Waals surface area contributed by atoms with Crippen LogP contribution >= 0.6 is 22.9 Å². The van der Waals surface area contributed by atoms with E-state index in [4.69, 9.17) is 11.6 Å². The van der Waals surface area contributed by atoms with Gasteiger partial charge in [0.15, 0.2) is 5.78 Å². The lowest BCUT2D eigenvalue weighted by Gasteiger charge is -2.12. The van der Waals surface area contributed by atoms with Crippen molar-refractivity contribution in [1.29, 1.82) is 0 Å². The molecule has 0 radical (unpaired) electrons. The van der Waals surface area contributed by atoms with E-state index in [1.165, 1.54) is 16.9 Å². The van der Waals surface area contributed by atoms with Gasteiger partial charge in [0.1, 0.15) is 0 Å². The summed E-state index contributed by atoms with van der Waals surface area (Å²) in [6.45, 7) is 0. The number of carboxylic acid groups (broad SMARTS) is 1. The van der Waals surface area contributed by atoms with Crippen molar-refractivity contribution in [2.75, 3.05) is 0 Å². The average Bonchev–Trinajstić information content (AvgIpc) is 3.14. The molecule has 0 amide bonds. The molecule has 28 heavy (non-hydrogen) atoms. The molecule has 144 valence electrons. The fraction of sp³-hybridized carbons (Fsp3) is 0.217. The van der Waals surface area contributed by atoms with E-state index in [1.54, 1.807) is 12.1 Å². The first-order valence-electron chi connectivity index (χ1n) is 9.18. The Morgan fingerprint density at radius 1 is 0.964 bits per heavy atom. The third-order valence-electron chi connectivity index (χ3n) is 4.71. The van der Waals surface area contributed by atoms with Gasteiger partial charge in [0.05, 0.1) is 10.3 Å². The van der Waals surface area contributed by atoms with Crippen LogP contribution in [0.4, 0.5) is 0 Å². The molecule has 3 aromatic rings. The second-order valence-electron chi connectivity index (χ2n) is 6.72. The van der Waals surface area contributed by atoms with Gasteiger partial charge in [0, 0.05) is 16.9 Å². The third-order valence-corrected chi connectivity index (χ3v) is 5.99. The van der Waals surface area contributed by atoms with Crippen LogP contribution in [0.1, 0.15) is 35.2 Å². The highest BCUT2D eigenvalue weighted by atomic mass is 35.5. The molecule has 0 aliphatic rings.